The summed E-state index contributed by atoms with van der Waals surface area (Å²) in [4.78, 5) is 25.7. The molecule has 1 amide bonds. The van der Waals surface area contributed by atoms with Crippen LogP contribution in [0.3, 0.4) is 0 Å². The second kappa shape index (κ2) is 7.80. The Labute approximate surface area is 160 Å². The topological polar surface area (TPSA) is 78.7 Å². The van der Waals surface area contributed by atoms with E-state index in [0.717, 1.165) is 50.8 Å². The molecule has 2 fully saturated rings. The molecule has 27 heavy (non-hydrogen) atoms. The Morgan fingerprint density at radius 1 is 1.26 bits per heavy atom. The number of hydrogen-bond donors (Lipinski definition) is 1. The van der Waals surface area contributed by atoms with Crippen molar-refractivity contribution in [1.82, 2.24) is 29.8 Å². The largest absolute Gasteiger partial charge is 0.353 e. The lowest BCUT2D eigenvalue weighted by atomic mass is 9.84. The van der Waals surface area contributed by atoms with E-state index in [9.17, 15) is 4.79 Å². The van der Waals surface area contributed by atoms with Crippen LogP contribution < -0.4 is 10.2 Å². The molecular weight excluding hydrogens is 342 g/mol. The average Bonchev–Trinajstić information content (AvgIpc) is 3.16. The molecule has 0 aromatic carbocycles. The van der Waals surface area contributed by atoms with Gasteiger partial charge in [-0.15, -0.1) is 0 Å². The summed E-state index contributed by atoms with van der Waals surface area (Å²) in [5.41, 5.74) is 0.930. The van der Waals surface area contributed by atoms with E-state index in [1.165, 1.54) is 19.2 Å². The number of carbonyl (C=O) groups excluding carboxylic acids is 1. The summed E-state index contributed by atoms with van der Waals surface area (Å²) in [5.74, 6) is 3.08. The number of amides is 1. The SMILES string of the molecule is Cc1cc(N2CCN(C(=O)CC(C)C3CCNCC3)CC2)n2ncnc2n1. The monoisotopic (exact) mass is 371 g/mol. The van der Waals surface area contributed by atoms with Crippen LogP contribution in [0.25, 0.3) is 5.78 Å². The fourth-order valence-electron chi connectivity index (χ4n) is 4.31. The van der Waals surface area contributed by atoms with Gasteiger partial charge in [-0.1, -0.05) is 6.92 Å². The molecule has 0 bridgehead atoms. The van der Waals surface area contributed by atoms with E-state index in [0.29, 0.717) is 29.9 Å². The van der Waals surface area contributed by atoms with E-state index in [2.05, 4.69) is 32.2 Å². The predicted octanol–water partition coefficient (Wildman–Crippen LogP) is 1.11. The Kier molecular flexibility index (Phi) is 5.24. The molecule has 2 aliphatic heterocycles. The van der Waals surface area contributed by atoms with Crippen LogP contribution in [0, 0.1) is 18.8 Å². The van der Waals surface area contributed by atoms with Gasteiger partial charge in [0.2, 0.25) is 5.91 Å². The summed E-state index contributed by atoms with van der Waals surface area (Å²) >= 11 is 0. The van der Waals surface area contributed by atoms with E-state index in [4.69, 9.17) is 0 Å². The third kappa shape index (κ3) is 3.90. The van der Waals surface area contributed by atoms with Gasteiger partial charge < -0.3 is 15.1 Å². The molecule has 0 radical (unpaired) electrons. The first-order valence-corrected chi connectivity index (χ1v) is 10.0. The zero-order chi connectivity index (χ0) is 18.8. The van der Waals surface area contributed by atoms with E-state index in [1.807, 2.05) is 17.9 Å². The van der Waals surface area contributed by atoms with Crippen molar-refractivity contribution in [3.8, 4) is 0 Å². The normalized spacial score (nSPS) is 20.2. The van der Waals surface area contributed by atoms with Gasteiger partial charge in [-0.2, -0.15) is 14.6 Å². The molecule has 8 nitrogen and oxygen atoms in total. The molecule has 1 unspecified atom stereocenters. The van der Waals surface area contributed by atoms with Crippen molar-refractivity contribution in [2.45, 2.75) is 33.1 Å². The van der Waals surface area contributed by atoms with Crippen molar-refractivity contribution in [3.05, 3.63) is 18.1 Å². The number of piperazine rings is 1. The molecule has 0 saturated carbocycles. The Balaban J connectivity index is 1.35. The smallest absolute Gasteiger partial charge is 0.254 e. The van der Waals surface area contributed by atoms with E-state index in [-0.39, 0.29) is 0 Å². The highest BCUT2D eigenvalue weighted by molar-refractivity contribution is 5.76. The Morgan fingerprint density at radius 3 is 2.74 bits per heavy atom. The number of carbonyl (C=O) groups is 1. The third-order valence-electron chi connectivity index (χ3n) is 6.00. The second-order valence-electron chi connectivity index (χ2n) is 7.86. The molecule has 2 aromatic rings. The Hall–Kier alpha value is -2.22. The number of nitrogens with zero attached hydrogens (tertiary/aromatic N) is 6. The lowest BCUT2D eigenvalue weighted by molar-refractivity contribution is -0.132. The van der Waals surface area contributed by atoms with Gasteiger partial charge in [0.05, 0.1) is 0 Å². The lowest BCUT2D eigenvalue weighted by Gasteiger charge is -2.37. The number of anilines is 1. The zero-order valence-electron chi connectivity index (χ0n) is 16.3. The maximum atomic E-state index is 12.8. The number of nitrogens with one attached hydrogen (secondary N) is 1. The average molecular weight is 371 g/mol. The maximum Gasteiger partial charge on any atom is 0.254 e. The van der Waals surface area contributed by atoms with Crippen LogP contribution in [0.2, 0.25) is 0 Å². The van der Waals surface area contributed by atoms with Crippen molar-refractivity contribution in [3.63, 3.8) is 0 Å². The van der Waals surface area contributed by atoms with Crippen LogP contribution in [0.15, 0.2) is 12.4 Å². The van der Waals surface area contributed by atoms with Gasteiger partial charge in [-0.25, -0.2) is 4.98 Å². The minimum absolute atomic E-state index is 0.303. The summed E-state index contributed by atoms with van der Waals surface area (Å²) < 4.78 is 1.78. The predicted molar refractivity (Wildman–Crippen MR) is 104 cm³/mol. The Bertz CT molecular complexity index is 790. The van der Waals surface area contributed by atoms with Crippen LogP contribution in [0.5, 0.6) is 0 Å². The first kappa shape index (κ1) is 18.2. The van der Waals surface area contributed by atoms with Crippen LogP contribution >= 0.6 is 0 Å². The summed E-state index contributed by atoms with van der Waals surface area (Å²) in [5, 5.41) is 7.70. The van der Waals surface area contributed by atoms with Crippen molar-refractivity contribution in [2.75, 3.05) is 44.2 Å². The van der Waals surface area contributed by atoms with Crippen molar-refractivity contribution in [2.24, 2.45) is 11.8 Å². The maximum absolute atomic E-state index is 12.8. The number of aromatic nitrogens is 4. The molecule has 2 aliphatic rings. The van der Waals surface area contributed by atoms with Gasteiger partial charge in [0.25, 0.3) is 5.78 Å². The number of aryl methyl sites for hydroxylation is 1. The van der Waals surface area contributed by atoms with Crippen LogP contribution in [-0.4, -0.2) is 69.7 Å². The molecule has 2 aromatic heterocycles. The van der Waals surface area contributed by atoms with Crippen LogP contribution in [0.4, 0.5) is 5.82 Å². The second-order valence-corrected chi connectivity index (χ2v) is 7.86. The highest BCUT2D eigenvalue weighted by atomic mass is 16.2. The van der Waals surface area contributed by atoms with E-state index >= 15 is 0 Å². The molecule has 1 atom stereocenters. The van der Waals surface area contributed by atoms with Gasteiger partial charge in [0, 0.05) is 44.4 Å². The van der Waals surface area contributed by atoms with Crippen molar-refractivity contribution in [1.29, 1.82) is 0 Å². The molecule has 0 spiro atoms. The summed E-state index contributed by atoms with van der Waals surface area (Å²) in [6, 6.07) is 2.04. The minimum Gasteiger partial charge on any atom is -0.353 e. The molecule has 4 heterocycles. The Morgan fingerprint density at radius 2 is 2.00 bits per heavy atom. The third-order valence-corrected chi connectivity index (χ3v) is 6.00. The first-order chi connectivity index (χ1) is 13.1. The standard InChI is InChI=1S/C19H29N7O/c1-14(16-3-5-20-6-4-16)11-18(27)25-9-7-24(8-10-25)17-12-15(2)23-19-21-13-22-26(17)19/h12-14,16,20H,3-11H2,1-2H3. The number of fused-ring (bicyclic) bond motifs is 1. The zero-order valence-corrected chi connectivity index (χ0v) is 16.3. The molecule has 0 aliphatic carbocycles. The molecule has 4 rings (SSSR count). The molecule has 146 valence electrons. The quantitative estimate of drug-likeness (QED) is 0.867. The van der Waals surface area contributed by atoms with Gasteiger partial charge in [0.15, 0.2) is 0 Å². The van der Waals surface area contributed by atoms with E-state index in [1.54, 1.807) is 4.52 Å². The van der Waals surface area contributed by atoms with Gasteiger partial charge in [-0.3, -0.25) is 4.79 Å². The number of piperidine rings is 1. The van der Waals surface area contributed by atoms with Gasteiger partial charge in [0.1, 0.15) is 12.1 Å². The van der Waals surface area contributed by atoms with Crippen LogP contribution in [-0.2, 0) is 4.79 Å². The van der Waals surface area contributed by atoms with E-state index < -0.39 is 0 Å². The van der Waals surface area contributed by atoms with Crippen molar-refractivity contribution < 1.29 is 4.79 Å². The summed E-state index contributed by atoms with van der Waals surface area (Å²) in [6.07, 6.45) is 4.59. The number of hydrogen-bond acceptors (Lipinski definition) is 6. The minimum atomic E-state index is 0.303. The van der Waals surface area contributed by atoms with Crippen LogP contribution in [0.1, 0.15) is 31.9 Å². The lowest BCUT2D eigenvalue weighted by Crippen LogP contribution is -2.49. The number of rotatable bonds is 4. The fourth-order valence-corrected chi connectivity index (χ4v) is 4.31. The summed E-state index contributed by atoms with van der Waals surface area (Å²) in [7, 11) is 0. The molecule has 8 heteroatoms. The molecule has 2 saturated heterocycles. The highest BCUT2D eigenvalue weighted by Gasteiger charge is 2.27. The highest BCUT2D eigenvalue weighted by Crippen LogP contribution is 2.25. The molecule has 1 N–H and O–H groups in total. The summed E-state index contributed by atoms with van der Waals surface area (Å²) in [6.45, 7) is 9.53. The fraction of sp³-hybridized carbons (Fsp3) is 0.684. The van der Waals surface area contributed by atoms with Gasteiger partial charge in [-0.05, 0) is 44.7 Å². The first-order valence-electron chi connectivity index (χ1n) is 10.0. The molecular formula is C19H29N7O. The van der Waals surface area contributed by atoms with Crippen molar-refractivity contribution >= 4 is 17.5 Å². The van der Waals surface area contributed by atoms with Gasteiger partial charge >= 0.3 is 0 Å².